The summed E-state index contributed by atoms with van der Waals surface area (Å²) in [5.74, 6) is -3.76. The summed E-state index contributed by atoms with van der Waals surface area (Å²) in [7, 11) is -5.49. The van der Waals surface area contributed by atoms with E-state index in [-0.39, 0.29) is 11.8 Å². The molecule has 2 rings (SSSR count). The van der Waals surface area contributed by atoms with Crippen LogP contribution in [-0.4, -0.2) is 49.0 Å². The van der Waals surface area contributed by atoms with E-state index in [2.05, 4.69) is 4.74 Å². The van der Waals surface area contributed by atoms with Gasteiger partial charge in [-0.25, -0.2) is 0 Å². The van der Waals surface area contributed by atoms with Gasteiger partial charge in [0.25, 0.3) is 10.1 Å². The van der Waals surface area contributed by atoms with Crippen molar-refractivity contribution in [2.24, 2.45) is 23.7 Å². The Balaban J connectivity index is 2.11. The molecule has 7 nitrogen and oxygen atoms in total. The van der Waals surface area contributed by atoms with Gasteiger partial charge in [0.05, 0.1) is 17.9 Å². The average molecular weight is 402 g/mol. The molecule has 2 aliphatic rings. The predicted molar refractivity (Wildman–Crippen MR) is 81.4 cm³/mol. The molecule has 0 radical (unpaired) electrons. The third kappa shape index (κ3) is 4.48. The Morgan fingerprint density at radius 1 is 1.12 bits per heavy atom. The number of fused-ring (bicyclic) bond motifs is 2. The molecule has 2 bridgehead atoms. The number of carbonyl (C=O) groups is 2. The highest BCUT2D eigenvalue weighted by Gasteiger charge is 2.56. The van der Waals surface area contributed by atoms with Crippen molar-refractivity contribution >= 4 is 22.1 Å². The second-order valence-corrected chi connectivity index (χ2v) is 8.64. The first-order valence-corrected chi connectivity index (χ1v) is 9.72. The van der Waals surface area contributed by atoms with Crippen LogP contribution in [-0.2, 0) is 29.2 Å². The Labute approximate surface area is 149 Å². The van der Waals surface area contributed by atoms with Gasteiger partial charge in [-0.1, -0.05) is 0 Å². The molecule has 0 aromatic rings. The van der Waals surface area contributed by atoms with Crippen molar-refractivity contribution in [2.75, 3.05) is 6.61 Å². The van der Waals surface area contributed by atoms with Crippen LogP contribution in [0.5, 0.6) is 0 Å². The Morgan fingerprint density at radius 2 is 1.62 bits per heavy atom. The van der Waals surface area contributed by atoms with Crippen molar-refractivity contribution < 1.29 is 45.2 Å². The van der Waals surface area contributed by atoms with Crippen molar-refractivity contribution in [2.45, 2.75) is 50.6 Å². The third-order valence-electron chi connectivity index (χ3n) is 4.91. The molecular weight excluding hydrogens is 381 g/mol. The van der Waals surface area contributed by atoms with Crippen molar-refractivity contribution in [1.82, 2.24) is 0 Å². The lowest BCUT2D eigenvalue weighted by Gasteiger charge is -2.29. The Hall–Kier alpha value is -1.36. The van der Waals surface area contributed by atoms with Crippen molar-refractivity contribution in [3.63, 3.8) is 0 Å². The number of rotatable bonds is 6. The van der Waals surface area contributed by atoms with Gasteiger partial charge in [-0.05, 0) is 44.9 Å². The van der Waals surface area contributed by atoms with E-state index in [0.717, 1.165) is 0 Å². The van der Waals surface area contributed by atoms with E-state index in [1.54, 1.807) is 13.8 Å². The molecule has 0 saturated heterocycles. The number of hydrogen-bond acceptors (Lipinski definition) is 6. The van der Waals surface area contributed by atoms with Gasteiger partial charge in [0, 0.05) is 0 Å². The molecule has 2 saturated carbocycles. The van der Waals surface area contributed by atoms with Crippen molar-refractivity contribution in [3.05, 3.63) is 0 Å². The molecule has 0 spiro atoms. The number of ether oxygens (including phenoxy) is 2. The molecule has 1 N–H and O–H groups in total. The lowest BCUT2D eigenvalue weighted by Crippen LogP contribution is -2.43. The summed E-state index contributed by atoms with van der Waals surface area (Å²) in [5.41, 5.74) is 0. The van der Waals surface area contributed by atoms with Crippen LogP contribution in [0.25, 0.3) is 0 Å². The van der Waals surface area contributed by atoms with Crippen LogP contribution in [0.15, 0.2) is 0 Å². The van der Waals surface area contributed by atoms with Crippen LogP contribution in [0.2, 0.25) is 0 Å². The summed E-state index contributed by atoms with van der Waals surface area (Å²) in [6, 6.07) is 0. The molecule has 2 aliphatic carbocycles. The summed E-state index contributed by atoms with van der Waals surface area (Å²) in [4.78, 5) is 24.6. The largest absolute Gasteiger partial charge is 0.464 e. The van der Waals surface area contributed by atoms with Crippen molar-refractivity contribution in [3.8, 4) is 0 Å². The zero-order valence-corrected chi connectivity index (χ0v) is 15.0. The van der Waals surface area contributed by atoms with Gasteiger partial charge < -0.3 is 9.47 Å². The highest BCUT2D eigenvalue weighted by Crippen LogP contribution is 2.53. The zero-order valence-electron chi connectivity index (χ0n) is 14.2. The topological polar surface area (TPSA) is 107 Å². The van der Waals surface area contributed by atoms with E-state index in [4.69, 9.17) is 9.29 Å². The van der Waals surface area contributed by atoms with Gasteiger partial charge >= 0.3 is 18.1 Å². The maximum Gasteiger partial charge on any atom is 0.411 e. The minimum absolute atomic E-state index is 0.108. The van der Waals surface area contributed by atoms with Crippen LogP contribution in [0.4, 0.5) is 13.2 Å². The Kier molecular flexibility index (Phi) is 5.91. The number of carbonyl (C=O) groups excluding carboxylic acids is 2. The minimum Gasteiger partial charge on any atom is -0.464 e. The van der Waals surface area contributed by atoms with E-state index in [1.807, 2.05) is 0 Å². The highest BCUT2D eigenvalue weighted by atomic mass is 32.2. The summed E-state index contributed by atoms with van der Waals surface area (Å²) < 4.78 is 78.5. The molecule has 5 unspecified atom stereocenters. The number of hydrogen-bond donors (Lipinski definition) is 1. The molecule has 26 heavy (non-hydrogen) atoms. The van der Waals surface area contributed by atoms with Gasteiger partial charge in [0.15, 0.2) is 0 Å². The van der Waals surface area contributed by atoms with E-state index in [9.17, 15) is 31.2 Å². The molecule has 0 amide bonds. The first kappa shape index (κ1) is 20.9. The molecule has 150 valence electrons. The van der Waals surface area contributed by atoms with E-state index in [0.29, 0.717) is 19.3 Å². The van der Waals surface area contributed by atoms with Gasteiger partial charge in [-0.15, -0.1) is 0 Å². The van der Waals surface area contributed by atoms with Crippen LogP contribution in [0, 0.1) is 23.7 Å². The molecule has 5 atom stereocenters. The van der Waals surface area contributed by atoms with Gasteiger partial charge in [-0.3, -0.25) is 14.1 Å². The normalized spacial score (nSPS) is 29.7. The molecule has 0 heterocycles. The van der Waals surface area contributed by atoms with Gasteiger partial charge in [-0.2, -0.15) is 21.6 Å². The van der Waals surface area contributed by atoms with E-state index >= 15 is 0 Å². The van der Waals surface area contributed by atoms with Crippen molar-refractivity contribution in [1.29, 1.82) is 0 Å². The summed E-state index contributed by atoms with van der Waals surface area (Å²) in [6.45, 7) is 1.72. The van der Waals surface area contributed by atoms with Crippen LogP contribution >= 0.6 is 0 Å². The van der Waals surface area contributed by atoms with Crippen LogP contribution in [0.3, 0.4) is 0 Å². The third-order valence-corrected chi connectivity index (χ3v) is 6.04. The molecule has 2 fully saturated rings. The minimum atomic E-state index is -5.49. The fourth-order valence-electron chi connectivity index (χ4n) is 3.88. The monoisotopic (exact) mass is 402 g/mol. The average Bonchev–Trinajstić information content (AvgIpc) is 3.03. The lowest BCUT2D eigenvalue weighted by atomic mass is 9.79. The van der Waals surface area contributed by atoms with Gasteiger partial charge in [0.2, 0.25) is 5.25 Å². The summed E-state index contributed by atoms with van der Waals surface area (Å²) in [5, 5.41) is -3.22. The second kappa shape index (κ2) is 7.34. The maximum atomic E-state index is 12.7. The number of alkyl halides is 3. The Morgan fingerprint density at radius 3 is 2.04 bits per heavy atom. The maximum absolute atomic E-state index is 12.7. The van der Waals surface area contributed by atoms with Crippen LogP contribution < -0.4 is 0 Å². The molecule has 0 aromatic heterocycles. The Bertz CT molecular complexity index is 659. The van der Waals surface area contributed by atoms with E-state index < -0.39 is 58.0 Å². The quantitative estimate of drug-likeness (QED) is 0.535. The molecular formula is C15H21F3O7S. The smallest absolute Gasteiger partial charge is 0.411 e. The molecule has 11 heteroatoms. The number of halogens is 3. The first-order valence-electron chi connectivity index (χ1n) is 8.22. The van der Waals surface area contributed by atoms with Gasteiger partial charge in [0.1, 0.15) is 6.61 Å². The molecule has 0 aliphatic heterocycles. The van der Waals surface area contributed by atoms with Crippen LogP contribution in [0.1, 0.15) is 33.1 Å². The fourth-order valence-corrected chi connectivity index (χ4v) is 4.46. The zero-order chi connectivity index (χ0) is 19.9. The second-order valence-electron chi connectivity index (χ2n) is 7.05. The fraction of sp³-hybridized carbons (Fsp3) is 0.867. The summed E-state index contributed by atoms with van der Waals surface area (Å²) in [6.07, 6.45) is -3.79. The predicted octanol–water partition coefficient (Wildman–Crippen LogP) is 1.96. The lowest BCUT2D eigenvalue weighted by molar-refractivity contribution is -0.170. The highest BCUT2D eigenvalue weighted by molar-refractivity contribution is 7.86. The standard InChI is InChI=1S/C15H21F3O7S/c1-7(2)25-14(20)12-9-4-3-8(5-9)11(12)13(19)24-6-10(15(16,17)18)26(21,22)23/h7-12H,3-6H2,1-2H3,(H,21,22,23). The molecule has 0 aromatic carbocycles. The van der Waals surface area contributed by atoms with E-state index in [1.165, 1.54) is 0 Å². The first-order chi connectivity index (χ1) is 11.8. The SMILES string of the molecule is CC(C)OC(=O)C1C2CCC(C2)C1C(=O)OCC(C(F)(F)F)S(=O)(=O)O. The summed E-state index contributed by atoms with van der Waals surface area (Å²) >= 11 is 0. The number of esters is 2.